The van der Waals surface area contributed by atoms with E-state index in [1.165, 1.54) is 0 Å². The first-order valence-corrected chi connectivity index (χ1v) is 8.26. The number of hydrogen-bond donors (Lipinski definition) is 0. The molecule has 0 aliphatic heterocycles. The molecule has 5 heteroatoms. The summed E-state index contributed by atoms with van der Waals surface area (Å²) in [4.78, 5) is 0. The topological polar surface area (TPSA) is 27.7 Å². The van der Waals surface area contributed by atoms with Gasteiger partial charge in [-0.05, 0) is 0 Å². The molecule has 0 aliphatic rings. The fraction of sp³-hybridized carbons (Fsp3) is 1.00. The standard InChI is InChI=1S/3C2H5O.Ag.H2P/c3*1-2-3;;/h3*2H2,1H3;;1H2/q3*-1;+4;-1. The Bertz CT molecular complexity index is 84.8. The van der Waals surface area contributed by atoms with E-state index in [0.717, 1.165) is 0 Å². The first-order chi connectivity index (χ1) is 5.18. The molecular formula is C6H17AgO3P. The molecule has 0 spiro atoms. The van der Waals surface area contributed by atoms with Crippen LogP contribution in [0.15, 0.2) is 0 Å². The number of hydrogen-bond acceptors (Lipinski definition) is 3. The Morgan fingerprint density at radius 1 is 0.909 bits per heavy atom. The van der Waals surface area contributed by atoms with Crippen LogP contribution in [-0.2, 0) is 27.5 Å². The molecule has 0 saturated heterocycles. The molecule has 1 atom stereocenters. The maximum atomic E-state index is 5.37. The SMILES string of the molecule is CC[O][Ag]([PH2])([O]CC)[O]CC. The summed E-state index contributed by atoms with van der Waals surface area (Å²) in [5.74, 6) is 0. The molecule has 0 bridgehead atoms. The molecule has 0 aliphatic carbocycles. The molecule has 75 valence electrons. The molecule has 3 nitrogen and oxygen atoms in total. The van der Waals surface area contributed by atoms with Crippen molar-refractivity contribution in [2.75, 3.05) is 19.8 Å². The minimum absolute atomic E-state index is 0.635. The predicted octanol–water partition coefficient (Wildman–Crippen LogP) is 1.78. The summed E-state index contributed by atoms with van der Waals surface area (Å²) in [6.07, 6.45) is 0. The summed E-state index contributed by atoms with van der Waals surface area (Å²) in [6, 6.07) is 0. The Morgan fingerprint density at radius 2 is 1.18 bits per heavy atom. The van der Waals surface area contributed by atoms with Gasteiger partial charge in [0, 0.05) is 0 Å². The van der Waals surface area contributed by atoms with Gasteiger partial charge < -0.3 is 0 Å². The van der Waals surface area contributed by atoms with Gasteiger partial charge in [0.1, 0.15) is 0 Å². The maximum absolute atomic E-state index is 5.37. The van der Waals surface area contributed by atoms with Crippen molar-refractivity contribution in [2.24, 2.45) is 0 Å². The van der Waals surface area contributed by atoms with Crippen molar-refractivity contribution in [1.82, 2.24) is 0 Å². The van der Waals surface area contributed by atoms with Crippen molar-refractivity contribution >= 4 is 7.13 Å². The van der Waals surface area contributed by atoms with Crippen LogP contribution in [0.2, 0.25) is 0 Å². The van der Waals surface area contributed by atoms with Crippen molar-refractivity contribution in [2.45, 2.75) is 20.8 Å². The van der Waals surface area contributed by atoms with Crippen LogP contribution in [0.1, 0.15) is 20.8 Å². The van der Waals surface area contributed by atoms with Gasteiger partial charge in [-0.2, -0.15) is 0 Å². The molecule has 11 heavy (non-hydrogen) atoms. The van der Waals surface area contributed by atoms with Crippen LogP contribution < -0.4 is 0 Å². The van der Waals surface area contributed by atoms with Gasteiger partial charge >= 0.3 is 75.2 Å². The van der Waals surface area contributed by atoms with Gasteiger partial charge in [0.05, 0.1) is 0 Å². The summed E-state index contributed by atoms with van der Waals surface area (Å²) >= 11 is -2.34. The van der Waals surface area contributed by atoms with Gasteiger partial charge in [-0.3, -0.25) is 0 Å². The first kappa shape index (κ1) is 12.1. The van der Waals surface area contributed by atoms with Crippen molar-refractivity contribution in [1.29, 1.82) is 0 Å². The third kappa shape index (κ3) is 5.31. The van der Waals surface area contributed by atoms with Crippen LogP contribution >= 0.6 is 7.13 Å². The molecule has 0 fully saturated rings. The summed E-state index contributed by atoms with van der Waals surface area (Å²) < 4.78 is 16.1. The van der Waals surface area contributed by atoms with E-state index in [2.05, 4.69) is 7.13 Å². The summed E-state index contributed by atoms with van der Waals surface area (Å²) in [7, 11) is 2.55. The summed E-state index contributed by atoms with van der Waals surface area (Å²) in [6.45, 7) is 7.71. The van der Waals surface area contributed by atoms with Crippen LogP contribution in [0.4, 0.5) is 0 Å². The molecule has 0 aromatic rings. The molecule has 0 rings (SSSR count). The Morgan fingerprint density at radius 3 is 1.36 bits per heavy atom. The molecule has 1 unspecified atom stereocenters. The molecular weight excluding hydrogens is 259 g/mol. The van der Waals surface area contributed by atoms with Gasteiger partial charge in [-0.1, -0.05) is 0 Å². The number of rotatable bonds is 6. The van der Waals surface area contributed by atoms with E-state index in [4.69, 9.17) is 9.73 Å². The van der Waals surface area contributed by atoms with Crippen LogP contribution in [0.5, 0.6) is 0 Å². The van der Waals surface area contributed by atoms with Crippen LogP contribution in [-0.4, -0.2) is 19.8 Å². The molecule has 0 aromatic carbocycles. The second-order valence-corrected chi connectivity index (χ2v) is 7.09. The fourth-order valence-corrected chi connectivity index (χ4v) is 4.38. The second-order valence-electron chi connectivity index (χ2n) is 1.49. The average Bonchev–Trinajstić information content (AvgIpc) is 1.88. The van der Waals surface area contributed by atoms with E-state index < -0.39 is 17.8 Å². The van der Waals surface area contributed by atoms with Gasteiger partial charge in [-0.15, -0.1) is 0 Å². The molecule has 0 aromatic heterocycles. The van der Waals surface area contributed by atoms with Gasteiger partial charge in [0.2, 0.25) is 0 Å². The Labute approximate surface area is 75.4 Å². The predicted molar refractivity (Wildman–Crippen MR) is 44.6 cm³/mol. The van der Waals surface area contributed by atoms with E-state index in [9.17, 15) is 0 Å². The molecule has 0 heterocycles. The molecule has 0 amide bonds. The average molecular weight is 276 g/mol. The van der Waals surface area contributed by atoms with E-state index in [-0.39, 0.29) is 0 Å². The van der Waals surface area contributed by atoms with Crippen LogP contribution in [0, 0.1) is 0 Å². The molecule has 0 saturated carbocycles. The zero-order valence-electron chi connectivity index (χ0n) is 7.22. The van der Waals surface area contributed by atoms with Crippen LogP contribution in [0.25, 0.3) is 0 Å². The molecule has 0 N–H and O–H groups in total. The Balaban J connectivity index is 3.79. The van der Waals surface area contributed by atoms with Crippen molar-refractivity contribution in [3.05, 3.63) is 0 Å². The third-order valence-corrected chi connectivity index (χ3v) is 5.48. The molecule has 0 radical (unpaired) electrons. The van der Waals surface area contributed by atoms with Crippen LogP contribution in [0.3, 0.4) is 0 Å². The van der Waals surface area contributed by atoms with Crippen molar-refractivity contribution < 1.29 is 27.5 Å². The van der Waals surface area contributed by atoms with E-state index in [1.807, 2.05) is 20.8 Å². The van der Waals surface area contributed by atoms with Gasteiger partial charge in [0.25, 0.3) is 0 Å². The second kappa shape index (κ2) is 6.55. The van der Waals surface area contributed by atoms with Crippen molar-refractivity contribution in [3.63, 3.8) is 0 Å². The first-order valence-electron chi connectivity index (χ1n) is 3.53. The fourth-order valence-electron chi connectivity index (χ4n) is 0.439. The van der Waals surface area contributed by atoms with E-state index >= 15 is 0 Å². The Kier molecular flexibility index (Phi) is 7.18. The zero-order chi connectivity index (χ0) is 8.74. The van der Waals surface area contributed by atoms with E-state index in [0.29, 0.717) is 19.8 Å². The Hall–Kier alpha value is 1.05. The van der Waals surface area contributed by atoms with Crippen molar-refractivity contribution in [3.8, 4) is 0 Å². The van der Waals surface area contributed by atoms with E-state index in [1.54, 1.807) is 0 Å². The monoisotopic (exact) mass is 275 g/mol. The minimum atomic E-state index is -2.34. The zero-order valence-corrected chi connectivity index (χ0v) is 9.86. The summed E-state index contributed by atoms with van der Waals surface area (Å²) in [5.41, 5.74) is 0. The third-order valence-electron chi connectivity index (χ3n) is 0.625. The normalized spacial score (nSPS) is 13.5. The van der Waals surface area contributed by atoms with Gasteiger partial charge in [0.15, 0.2) is 0 Å². The quantitative estimate of drug-likeness (QED) is 0.546. The summed E-state index contributed by atoms with van der Waals surface area (Å²) in [5, 5.41) is 0. The van der Waals surface area contributed by atoms with Gasteiger partial charge in [-0.25, -0.2) is 0 Å².